The number of rotatable bonds is 1. The van der Waals surface area contributed by atoms with Gasteiger partial charge in [0.15, 0.2) is 5.76 Å². The summed E-state index contributed by atoms with van der Waals surface area (Å²) in [6.07, 6.45) is 0. The van der Waals surface area contributed by atoms with Gasteiger partial charge in [0.25, 0.3) is 5.24 Å². The van der Waals surface area contributed by atoms with Gasteiger partial charge in [0, 0.05) is 5.39 Å². The van der Waals surface area contributed by atoms with Crippen molar-refractivity contribution in [2.24, 2.45) is 0 Å². The van der Waals surface area contributed by atoms with Crippen LogP contribution >= 0.6 is 11.6 Å². The number of aryl methyl sites for hydroxylation is 1. The second-order valence-electron chi connectivity index (χ2n) is 2.93. The van der Waals surface area contributed by atoms with Gasteiger partial charge in [0.1, 0.15) is 5.58 Å². The van der Waals surface area contributed by atoms with Crippen LogP contribution in [0.3, 0.4) is 0 Å². The van der Waals surface area contributed by atoms with Crippen LogP contribution < -0.4 is 0 Å². The Morgan fingerprint density at radius 1 is 1.38 bits per heavy atom. The second kappa shape index (κ2) is 2.89. The number of hydrogen-bond acceptors (Lipinski definition) is 2. The van der Waals surface area contributed by atoms with Crippen LogP contribution in [0, 0.1) is 6.92 Å². The first-order valence-electron chi connectivity index (χ1n) is 3.87. The van der Waals surface area contributed by atoms with Gasteiger partial charge in [-0.2, -0.15) is 0 Å². The van der Waals surface area contributed by atoms with Crippen molar-refractivity contribution in [1.29, 1.82) is 0 Å². The summed E-state index contributed by atoms with van der Waals surface area (Å²) in [5.41, 5.74) is 1.79. The molecular formula is C10H7ClO2. The van der Waals surface area contributed by atoms with Crippen molar-refractivity contribution < 1.29 is 9.21 Å². The molecule has 0 amide bonds. The lowest BCUT2D eigenvalue weighted by molar-refractivity contribution is 0.105. The molecule has 0 aliphatic carbocycles. The first kappa shape index (κ1) is 8.32. The molecule has 0 aliphatic rings. The van der Waals surface area contributed by atoms with Gasteiger partial charge in [-0.25, -0.2) is 0 Å². The van der Waals surface area contributed by atoms with Crippen molar-refractivity contribution in [2.75, 3.05) is 0 Å². The van der Waals surface area contributed by atoms with E-state index in [4.69, 9.17) is 16.0 Å². The van der Waals surface area contributed by atoms with E-state index in [2.05, 4.69) is 0 Å². The van der Waals surface area contributed by atoms with E-state index in [9.17, 15) is 4.79 Å². The summed E-state index contributed by atoms with van der Waals surface area (Å²) in [6.45, 7) is 1.96. The van der Waals surface area contributed by atoms with Crippen molar-refractivity contribution in [2.45, 2.75) is 6.92 Å². The summed E-state index contributed by atoms with van der Waals surface area (Å²) in [4.78, 5) is 10.8. The molecule has 66 valence electrons. The van der Waals surface area contributed by atoms with E-state index in [0.717, 1.165) is 10.9 Å². The zero-order chi connectivity index (χ0) is 9.42. The molecule has 0 unspecified atom stereocenters. The molecule has 0 bridgehead atoms. The number of halogens is 1. The number of furan rings is 1. The lowest BCUT2D eigenvalue weighted by Crippen LogP contribution is -1.80. The molecule has 0 fully saturated rings. The number of carbonyl (C=O) groups excluding carboxylic acids is 1. The SMILES string of the molecule is Cc1ccc2cc(C(=O)Cl)oc2c1. The van der Waals surface area contributed by atoms with Crippen molar-refractivity contribution >= 4 is 27.8 Å². The van der Waals surface area contributed by atoms with Gasteiger partial charge in [-0.1, -0.05) is 12.1 Å². The summed E-state index contributed by atoms with van der Waals surface area (Å²) in [5.74, 6) is 0.197. The second-order valence-corrected chi connectivity index (χ2v) is 3.27. The van der Waals surface area contributed by atoms with Crippen LogP contribution in [0.1, 0.15) is 16.1 Å². The minimum Gasteiger partial charge on any atom is -0.452 e. The first-order chi connectivity index (χ1) is 6.16. The van der Waals surface area contributed by atoms with E-state index in [0.29, 0.717) is 5.58 Å². The van der Waals surface area contributed by atoms with E-state index >= 15 is 0 Å². The fraction of sp³-hybridized carbons (Fsp3) is 0.100. The Balaban J connectivity index is 2.68. The van der Waals surface area contributed by atoms with Crippen LogP contribution in [-0.4, -0.2) is 5.24 Å². The molecular weight excluding hydrogens is 188 g/mol. The highest BCUT2D eigenvalue weighted by molar-refractivity contribution is 6.67. The molecule has 2 nitrogen and oxygen atoms in total. The normalized spacial score (nSPS) is 10.6. The quantitative estimate of drug-likeness (QED) is 0.653. The van der Waals surface area contributed by atoms with Gasteiger partial charge in [0.05, 0.1) is 0 Å². The van der Waals surface area contributed by atoms with E-state index in [-0.39, 0.29) is 5.76 Å². The minimum absolute atomic E-state index is 0.197. The van der Waals surface area contributed by atoms with Crippen LogP contribution in [0.4, 0.5) is 0 Å². The standard InChI is InChI=1S/C10H7ClO2/c1-6-2-3-7-5-9(10(11)12)13-8(7)4-6/h2-5H,1H3. The molecule has 0 aliphatic heterocycles. The smallest absolute Gasteiger partial charge is 0.287 e. The summed E-state index contributed by atoms with van der Waals surface area (Å²) in [7, 11) is 0. The van der Waals surface area contributed by atoms with Crippen molar-refractivity contribution in [3.63, 3.8) is 0 Å². The Morgan fingerprint density at radius 3 is 2.85 bits per heavy atom. The topological polar surface area (TPSA) is 30.2 Å². The number of fused-ring (bicyclic) bond motifs is 1. The lowest BCUT2D eigenvalue weighted by atomic mass is 10.2. The minimum atomic E-state index is -0.561. The number of carbonyl (C=O) groups is 1. The predicted octanol–water partition coefficient (Wildman–Crippen LogP) is 3.12. The van der Waals surface area contributed by atoms with Gasteiger partial charge in [-0.05, 0) is 36.2 Å². The first-order valence-corrected chi connectivity index (χ1v) is 4.24. The lowest BCUT2D eigenvalue weighted by Gasteiger charge is -1.89. The fourth-order valence-corrected chi connectivity index (χ4v) is 1.33. The van der Waals surface area contributed by atoms with Crippen molar-refractivity contribution in [3.8, 4) is 0 Å². The maximum Gasteiger partial charge on any atom is 0.287 e. The highest BCUT2D eigenvalue weighted by Gasteiger charge is 2.08. The predicted molar refractivity (Wildman–Crippen MR) is 51.1 cm³/mol. The van der Waals surface area contributed by atoms with Gasteiger partial charge < -0.3 is 4.42 Å². The van der Waals surface area contributed by atoms with Crippen molar-refractivity contribution in [3.05, 3.63) is 35.6 Å². The fourth-order valence-electron chi connectivity index (χ4n) is 1.24. The molecule has 0 spiro atoms. The molecule has 0 N–H and O–H groups in total. The maximum absolute atomic E-state index is 10.8. The molecule has 3 heteroatoms. The molecule has 1 aromatic heterocycles. The third-order valence-corrected chi connectivity index (χ3v) is 2.06. The highest BCUT2D eigenvalue weighted by Crippen LogP contribution is 2.21. The van der Waals surface area contributed by atoms with Crippen LogP contribution in [0.5, 0.6) is 0 Å². The van der Waals surface area contributed by atoms with Gasteiger partial charge in [0.2, 0.25) is 0 Å². The van der Waals surface area contributed by atoms with Gasteiger partial charge in [-0.3, -0.25) is 4.79 Å². The monoisotopic (exact) mass is 194 g/mol. The number of benzene rings is 1. The third-order valence-electron chi connectivity index (χ3n) is 1.87. The molecule has 2 rings (SSSR count). The zero-order valence-corrected chi connectivity index (χ0v) is 7.76. The maximum atomic E-state index is 10.8. The molecule has 13 heavy (non-hydrogen) atoms. The molecule has 0 atom stereocenters. The molecule has 1 aromatic carbocycles. The largest absolute Gasteiger partial charge is 0.452 e. The Morgan fingerprint density at radius 2 is 2.15 bits per heavy atom. The Labute approximate surface area is 80.1 Å². The van der Waals surface area contributed by atoms with E-state index in [1.54, 1.807) is 6.07 Å². The number of hydrogen-bond donors (Lipinski definition) is 0. The molecule has 2 aromatic rings. The average Bonchev–Trinajstić information content (AvgIpc) is 2.46. The summed E-state index contributed by atoms with van der Waals surface area (Å²) in [6, 6.07) is 7.38. The van der Waals surface area contributed by atoms with Gasteiger partial charge in [-0.15, -0.1) is 0 Å². The highest BCUT2D eigenvalue weighted by atomic mass is 35.5. The van der Waals surface area contributed by atoms with Crippen LogP contribution in [0.25, 0.3) is 11.0 Å². The average molecular weight is 195 g/mol. The summed E-state index contributed by atoms with van der Waals surface area (Å²) in [5, 5.41) is 0.337. The van der Waals surface area contributed by atoms with Crippen LogP contribution in [-0.2, 0) is 0 Å². The molecule has 0 radical (unpaired) electrons. The summed E-state index contributed by atoms with van der Waals surface area (Å²) >= 11 is 5.28. The Bertz CT molecular complexity index is 471. The van der Waals surface area contributed by atoms with Crippen molar-refractivity contribution in [1.82, 2.24) is 0 Å². The van der Waals surface area contributed by atoms with E-state index < -0.39 is 5.24 Å². The molecule has 0 saturated heterocycles. The van der Waals surface area contributed by atoms with E-state index in [1.807, 2.05) is 25.1 Å². The van der Waals surface area contributed by atoms with Crippen LogP contribution in [0.2, 0.25) is 0 Å². The third kappa shape index (κ3) is 1.45. The van der Waals surface area contributed by atoms with E-state index in [1.165, 1.54) is 0 Å². The van der Waals surface area contributed by atoms with Crippen LogP contribution in [0.15, 0.2) is 28.7 Å². The molecule has 0 saturated carbocycles. The Hall–Kier alpha value is -1.28. The Kier molecular flexibility index (Phi) is 1.85. The van der Waals surface area contributed by atoms with Gasteiger partial charge >= 0.3 is 0 Å². The molecule has 1 heterocycles. The zero-order valence-electron chi connectivity index (χ0n) is 7.00. The summed E-state index contributed by atoms with van der Waals surface area (Å²) < 4.78 is 5.23.